The van der Waals surface area contributed by atoms with E-state index in [9.17, 15) is 4.79 Å². The van der Waals surface area contributed by atoms with Crippen LogP contribution in [0.4, 0.5) is 11.5 Å². The first-order valence-corrected chi connectivity index (χ1v) is 9.15. The second kappa shape index (κ2) is 6.83. The maximum Gasteiger partial charge on any atom is 0.336 e. The fraction of sp³-hybridized carbons (Fsp3) is 0.0435. The highest BCUT2D eigenvalue weighted by Crippen LogP contribution is 2.29. The molecule has 140 valence electrons. The van der Waals surface area contributed by atoms with Crippen LogP contribution in [-0.4, -0.2) is 15.0 Å². The van der Waals surface area contributed by atoms with E-state index in [2.05, 4.69) is 10.3 Å². The fourth-order valence-electron chi connectivity index (χ4n) is 3.24. The van der Waals surface area contributed by atoms with Gasteiger partial charge in [0.1, 0.15) is 11.4 Å². The zero-order chi connectivity index (χ0) is 19.8. The molecule has 5 aromatic rings. The number of anilines is 2. The monoisotopic (exact) mass is 380 g/mol. The lowest BCUT2D eigenvalue weighted by atomic mass is 10.1. The van der Waals surface area contributed by atoms with Gasteiger partial charge in [-0.15, -0.1) is 0 Å². The van der Waals surface area contributed by atoms with Crippen LogP contribution in [0.1, 0.15) is 5.56 Å². The van der Waals surface area contributed by atoms with E-state index >= 15 is 0 Å². The molecule has 3 aromatic heterocycles. The third-order valence-electron chi connectivity index (χ3n) is 4.66. The fourth-order valence-corrected chi connectivity index (χ4v) is 3.24. The van der Waals surface area contributed by atoms with Gasteiger partial charge in [0.2, 0.25) is 0 Å². The van der Waals surface area contributed by atoms with Crippen molar-refractivity contribution in [1.29, 1.82) is 0 Å². The summed E-state index contributed by atoms with van der Waals surface area (Å²) in [4.78, 5) is 25.2. The van der Waals surface area contributed by atoms with Gasteiger partial charge in [0.05, 0.1) is 5.52 Å². The number of hydrogen-bond acceptors (Lipinski definition) is 6. The van der Waals surface area contributed by atoms with Crippen molar-refractivity contribution in [2.45, 2.75) is 6.92 Å². The number of rotatable bonds is 3. The first-order valence-electron chi connectivity index (χ1n) is 9.15. The van der Waals surface area contributed by atoms with Crippen LogP contribution in [0, 0.1) is 6.92 Å². The maximum atomic E-state index is 11.6. The molecule has 6 nitrogen and oxygen atoms in total. The molecule has 2 aromatic carbocycles. The van der Waals surface area contributed by atoms with Gasteiger partial charge in [-0.1, -0.05) is 11.6 Å². The molecule has 5 rings (SSSR count). The standard InChI is InChI=1S/C23H16N4O2/c1-14-4-8-19-18(11-14)23(27-22(26-19)16-3-2-10-24-13-16)25-17-7-5-15-6-9-21(28)29-20(15)12-17/h2-13H,1H3,(H,25,26,27). The lowest BCUT2D eigenvalue weighted by Crippen LogP contribution is -2.00. The minimum Gasteiger partial charge on any atom is -0.423 e. The van der Waals surface area contributed by atoms with Gasteiger partial charge < -0.3 is 9.73 Å². The minimum absolute atomic E-state index is 0.378. The molecule has 0 unspecified atom stereocenters. The van der Waals surface area contributed by atoms with E-state index < -0.39 is 0 Å². The second-order valence-corrected chi connectivity index (χ2v) is 6.79. The van der Waals surface area contributed by atoms with Crippen LogP contribution in [0.3, 0.4) is 0 Å². The Morgan fingerprint density at radius 1 is 0.966 bits per heavy atom. The number of aromatic nitrogens is 3. The van der Waals surface area contributed by atoms with Crippen molar-refractivity contribution in [3.63, 3.8) is 0 Å². The van der Waals surface area contributed by atoms with Gasteiger partial charge in [0.25, 0.3) is 0 Å². The Balaban J connectivity index is 1.66. The van der Waals surface area contributed by atoms with Crippen molar-refractivity contribution in [2.75, 3.05) is 5.32 Å². The summed E-state index contributed by atoms with van der Waals surface area (Å²) in [5.74, 6) is 1.26. The molecule has 0 spiro atoms. The third-order valence-corrected chi connectivity index (χ3v) is 4.66. The van der Waals surface area contributed by atoms with E-state index in [-0.39, 0.29) is 5.63 Å². The molecular weight excluding hydrogens is 364 g/mol. The van der Waals surface area contributed by atoms with E-state index in [0.717, 1.165) is 33.1 Å². The van der Waals surface area contributed by atoms with Crippen LogP contribution in [0.25, 0.3) is 33.3 Å². The number of fused-ring (bicyclic) bond motifs is 2. The SMILES string of the molecule is Cc1ccc2nc(-c3cccnc3)nc(Nc3ccc4ccc(=O)oc4c3)c2c1. The molecular formula is C23H16N4O2. The molecule has 6 heteroatoms. The molecule has 0 aliphatic rings. The smallest absolute Gasteiger partial charge is 0.336 e. The zero-order valence-corrected chi connectivity index (χ0v) is 15.6. The molecule has 0 saturated heterocycles. The summed E-state index contributed by atoms with van der Waals surface area (Å²) < 4.78 is 5.30. The highest BCUT2D eigenvalue weighted by atomic mass is 16.4. The van der Waals surface area contributed by atoms with E-state index in [1.165, 1.54) is 6.07 Å². The van der Waals surface area contributed by atoms with E-state index in [1.54, 1.807) is 24.5 Å². The van der Waals surface area contributed by atoms with Gasteiger partial charge in [-0.25, -0.2) is 14.8 Å². The van der Waals surface area contributed by atoms with Gasteiger partial charge in [-0.05, 0) is 49.4 Å². The first kappa shape index (κ1) is 17.1. The number of pyridine rings is 1. The maximum absolute atomic E-state index is 11.6. The van der Waals surface area contributed by atoms with Gasteiger partial charge in [0.15, 0.2) is 5.82 Å². The van der Waals surface area contributed by atoms with Crippen LogP contribution < -0.4 is 10.9 Å². The van der Waals surface area contributed by atoms with Crippen molar-refractivity contribution < 1.29 is 4.42 Å². The van der Waals surface area contributed by atoms with Gasteiger partial charge >= 0.3 is 5.63 Å². The van der Waals surface area contributed by atoms with E-state index in [0.29, 0.717) is 17.2 Å². The number of nitrogens with zero attached hydrogens (tertiary/aromatic N) is 3. The minimum atomic E-state index is -0.378. The highest BCUT2D eigenvalue weighted by Gasteiger charge is 2.11. The summed E-state index contributed by atoms with van der Waals surface area (Å²) >= 11 is 0. The van der Waals surface area contributed by atoms with E-state index in [1.807, 2.05) is 49.4 Å². The Bertz CT molecular complexity index is 1410. The lowest BCUT2D eigenvalue weighted by Gasteiger charge is -2.12. The predicted molar refractivity (Wildman–Crippen MR) is 113 cm³/mol. The lowest BCUT2D eigenvalue weighted by molar-refractivity contribution is 0.561. The topological polar surface area (TPSA) is 80.9 Å². The summed E-state index contributed by atoms with van der Waals surface area (Å²) in [7, 11) is 0. The normalized spacial score (nSPS) is 11.1. The number of benzene rings is 2. The average Bonchev–Trinajstić information content (AvgIpc) is 2.74. The number of nitrogens with one attached hydrogen (secondary N) is 1. The Kier molecular flexibility index (Phi) is 4.02. The molecule has 0 aliphatic carbocycles. The summed E-state index contributed by atoms with van der Waals surface area (Å²) in [5, 5.41) is 5.13. The molecule has 29 heavy (non-hydrogen) atoms. The summed E-state index contributed by atoms with van der Waals surface area (Å²) in [6.45, 7) is 2.03. The molecule has 0 aliphatic heterocycles. The highest BCUT2D eigenvalue weighted by molar-refractivity contribution is 5.93. The summed E-state index contributed by atoms with van der Waals surface area (Å²) in [5.41, 5.74) is 3.69. The molecule has 0 amide bonds. The molecule has 0 atom stereocenters. The van der Waals surface area contributed by atoms with Crippen LogP contribution >= 0.6 is 0 Å². The van der Waals surface area contributed by atoms with Gasteiger partial charge in [-0.2, -0.15) is 0 Å². The third kappa shape index (κ3) is 3.32. The molecule has 0 saturated carbocycles. The first-order chi connectivity index (χ1) is 14.2. The predicted octanol–water partition coefficient (Wildman–Crippen LogP) is 4.85. The number of aryl methyl sites for hydroxylation is 1. The summed E-state index contributed by atoms with van der Waals surface area (Å²) in [6.07, 6.45) is 3.46. The Morgan fingerprint density at radius 2 is 1.86 bits per heavy atom. The average molecular weight is 380 g/mol. The number of hydrogen-bond donors (Lipinski definition) is 1. The van der Waals surface area contributed by atoms with Crippen molar-refractivity contribution in [3.05, 3.63) is 89.0 Å². The zero-order valence-electron chi connectivity index (χ0n) is 15.6. The molecule has 1 N–H and O–H groups in total. The molecule has 0 fully saturated rings. The molecule has 0 bridgehead atoms. The Morgan fingerprint density at radius 3 is 2.72 bits per heavy atom. The van der Waals surface area contributed by atoms with Crippen LogP contribution in [-0.2, 0) is 0 Å². The van der Waals surface area contributed by atoms with Crippen molar-refractivity contribution >= 4 is 33.4 Å². The summed E-state index contributed by atoms with van der Waals surface area (Å²) in [6, 6.07) is 18.6. The Hall–Kier alpha value is -4.06. The quantitative estimate of drug-likeness (QED) is 0.451. The van der Waals surface area contributed by atoms with E-state index in [4.69, 9.17) is 14.4 Å². The van der Waals surface area contributed by atoms with Crippen LogP contribution in [0.2, 0.25) is 0 Å². The molecule has 0 radical (unpaired) electrons. The van der Waals surface area contributed by atoms with Crippen molar-refractivity contribution in [3.8, 4) is 11.4 Å². The van der Waals surface area contributed by atoms with Crippen molar-refractivity contribution in [1.82, 2.24) is 15.0 Å². The Labute approximate surface area is 165 Å². The van der Waals surface area contributed by atoms with Gasteiger partial charge in [0, 0.05) is 46.5 Å². The second-order valence-electron chi connectivity index (χ2n) is 6.79. The largest absolute Gasteiger partial charge is 0.423 e. The van der Waals surface area contributed by atoms with Gasteiger partial charge in [-0.3, -0.25) is 4.98 Å². The van der Waals surface area contributed by atoms with Crippen molar-refractivity contribution in [2.24, 2.45) is 0 Å². The van der Waals surface area contributed by atoms with Crippen LogP contribution in [0.5, 0.6) is 0 Å². The van der Waals surface area contributed by atoms with Crippen LogP contribution in [0.15, 0.2) is 82.3 Å². The molecule has 3 heterocycles.